The van der Waals surface area contributed by atoms with Crippen LogP contribution in [0.25, 0.3) is 0 Å². The average Bonchev–Trinajstić information content (AvgIpc) is 2.42. The minimum absolute atomic E-state index is 0.0591. The highest BCUT2D eigenvalue weighted by Gasteiger charge is 2.14. The van der Waals surface area contributed by atoms with E-state index in [0.717, 1.165) is 0 Å². The van der Waals surface area contributed by atoms with Crippen LogP contribution in [0, 0.1) is 0 Å². The third-order valence-electron chi connectivity index (χ3n) is 3.03. The van der Waals surface area contributed by atoms with Crippen molar-refractivity contribution in [2.45, 2.75) is 45.8 Å². The lowest BCUT2D eigenvalue weighted by Crippen LogP contribution is -2.34. The fourth-order valence-electron chi connectivity index (χ4n) is 1.78. The number of ether oxygens (including phenoxy) is 1. The molecule has 0 radical (unpaired) electrons. The molecule has 1 atom stereocenters. The van der Waals surface area contributed by atoms with E-state index in [0.29, 0.717) is 38.8 Å². The molecular formula is C16H28N2O5. The number of amides is 1. The van der Waals surface area contributed by atoms with Crippen LogP contribution in [0.1, 0.15) is 39.5 Å². The Morgan fingerprint density at radius 3 is 2.43 bits per heavy atom. The fourth-order valence-corrected chi connectivity index (χ4v) is 1.78. The van der Waals surface area contributed by atoms with Gasteiger partial charge in [0.25, 0.3) is 0 Å². The lowest BCUT2D eigenvalue weighted by atomic mass is 10.2. The van der Waals surface area contributed by atoms with E-state index in [1.807, 2.05) is 0 Å². The molecule has 7 nitrogen and oxygen atoms in total. The van der Waals surface area contributed by atoms with E-state index < -0.39 is 12.3 Å². The quantitative estimate of drug-likeness (QED) is 0.236. The first-order valence-corrected chi connectivity index (χ1v) is 7.71. The van der Waals surface area contributed by atoms with Crippen LogP contribution in [-0.4, -0.2) is 60.6 Å². The minimum Gasteiger partial charge on any atom is -0.431 e. The Bertz CT molecular complexity index is 423. The van der Waals surface area contributed by atoms with E-state index in [4.69, 9.17) is 4.74 Å². The molecule has 132 valence electrons. The number of likely N-dealkylation sites (N-methyl/N-ethyl adjacent to an activating group) is 1. The molecule has 0 rings (SSSR count). The Hall–Kier alpha value is -1.73. The van der Waals surface area contributed by atoms with Gasteiger partial charge in [0.2, 0.25) is 12.2 Å². The summed E-state index contributed by atoms with van der Waals surface area (Å²) >= 11 is 0. The SMILES string of the molecule is C=C(C)C(=O)OC(O)CN(C)CCCC(=O)NCCCC(C)=O. The maximum atomic E-state index is 11.6. The molecule has 0 aliphatic rings. The van der Waals surface area contributed by atoms with Gasteiger partial charge in [0.15, 0.2) is 0 Å². The summed E-state index contributed by atoms with van der Waals surface area (Å²) in [6, 6.07) is 0. The number of hydrogen-bond acceptors (Lipinski definition) is 6. The first kappa shape index (κ1) is 21.3. The second kappa shape index (κ2) is 11.8. The summed E-state index contributed by atoms with van der Waals surface area (Å²) in [6.45, 7) is 7.72. The molecule has 0 aliphatic heterocycles. The van der Waals surface area contributed by atoms with Crippen LogP contribution < -0.4 is 5.32 Å². The maximum Gasteiger partial charge on any atom is 0.335 e. The molecule has 1 amide bonds. The fraction of sp³-hybridized carbons (Fsp3) is 0.688. The maximum absolute atomic E-state index is 11.6. The van der Waals surface area contributed by atoms with Gasteiger partial charge in [-0.1, -0.05) is 6.58 Å². The second-order valence-corrected chi connectivity index (χ2v) is 5.66. The lowest BCUT2D eigenvalue weighted by Gasteiger charge is -2.20. The largest absolute Gasteiger partial charge is 0.431 e. The van der Waals surface area contributed by atoms with Gasteiger partial charge in [-0.05, 0) is 40.3 Å². The van der Waals surface area contributed by atoms with Gasteiger partial charge < -0.3 is 24.9 Å². The highest BCUT2D eigenvalue weighted by molar-refractivity contribution is 5.87. The number of aliphatic hydroxyl groups is 1. The molecule has 0 aromatic carbocycles. The zero-order valence-corrected chi connectivity index (χ0v) is 14.3. The first-order chi connectivity index (χ1) is 10.7. The number of ketones is 1. The molecule has 7 heteroatoms. The van der Waals surface area contributed by atoms with Crippen molar-refractivity contribution in [3.05, 3.63) is 12.2 Å². The molecule has 0 spiro atoms. The normalized spacial score (nSPS) is 11.9. The van der Waals surface area contributed by atoms with Crippen molar-refractivity contribution in [1.82, 2.24) is 10.2 Å². The van der Waals surface area contributed by atoms with Crippen LogP contribution in [0.15, 0.2) is 12.2 Å². The van der Waals surface area contributed by atoms with Crippen molar-refractivity contribution < 1.29 is 24.2 Å². The Morgan fingerprint density at radius 2 is 1.87 bits per heavy atom. The zero-order valence-electron chi connectivity index (χ0n) is 14.3. The molecule has 0 saturated carbocycles. The molecule has 0 aromatic rings. The smallest absolute Gasteiger partial charge is 0.335 e. The number of carbonyl (C=O) groups is 3. The van der Waals surface area contributed by atoms with E-state index in [-0.39, 0.29) is 23.8 Å². The summed E-state index contributed by atoms with van der Waals surface area (Å²) in [5.41, 5.74) is 0.230. The Balaban J connectivity index is 3.74. The highest BCUT2D eigenvalue weighted by Crippen LogP contribution is 2.00. The molecule has 0 bridgehead atoms. The van der Waals surface area contributed by atoms with Crippen LogP contribution in [-0.2, 0) is 19.1 Å². The van der Waals surface area contributed by atoms with E-state index in [1.165, 1.54) is 13.8 Å². The van der Waals surface area contributed by atoms with Gasteiger partial charge in [0.05, 0.1) is 6.54 Å². The molecule has 0 heterocycles. The molecule has 2 N–H and O–H groups in total. The van der Waals surface area contributed by atoms with Crippen LogP contribution in [0.2, 0.25) is 0 Å². The minimum atomic E-state index is -1.22. The zero-order chi connectivity index (χ0) is 17.8. The predicted octanol–water partition coefficient (Wildman–Crippen LogP) is 0.622. The van der Waals surface area contributed by atoms with Crippen molar-refractivity contribution >= 4 is 17.7 Å². The number of esters is 1. The Labute approximate surface area is 137 Å². The van der Waals surface area contributed by atoms with Gasteiger partial charge in [-0.25, -0.2) is 4.79 Å². The van der Waals surface area contributed by atoms with Crippen molar-refractivity contribution in [2.75, 3.05) is 26.7 Å². The summed E-state index contributed by atoms with van der Waals surface area (Å²) in [6.07, 6.45) is 0.900. The Morgan fingerprint density at radius 1 is 1.22 bits per heavy atom. The van der Waals surface area contributed by atoms with Crippen molar-refractivity contribution in [3.8, 4) is 0 Å². The van der Waals surface area contributed by atoms with Gasteiger partial charge >= 0.3 is 5.97 Å². The van der Waals surface area contributed by atoms with Gasteiger partial charge in [0, 0.05) is 25.0 Å². The summed E-state index contributed by atoms with van der Waals surface area (Å²) in [5, 5.41) is 12.4. The van der Waals surface area contributed by atoms with Crippen molar-refractivity contribution in [1.29, 1.82) is 0 Å². The molecule has 0 saturated heterocycles. The number of Topliss-reactive ketones (excluding diaryl/α,β-unsaturated/α-hetero) is 1. The summed E-state index contributed by atoms with van der Waals surface area (Å²) in [5.74, 6) is -0.571. The summed E-state index contributed by atoms with van der Waals surface area (Å²) in [7, 11) is 1.77. The summed E-state index contributed by atoms with van der Waals surface area (Å²) in [4.78, 5) is 35.3. The highest BCUT2D eigenvalue weighted by atomic mass is 16.6. The third-order valence-corrected chi connectivity index (χ3v) is 3.03. The standard InChI is InChI=1S/C16H28N2O5/c1-12(2)16(22)23-15(21)11-18(4)10-6-8-14(20)17-9-5-7-13(3)19/h15,21H,1,5-11H2,2-4H3,(H,17,20). The number of carbonyl (C=O) groups excluding carboxylic acids is 3. The lowest BCUT2D eigenvalue weighted by molar-refractivity contribution is -0.165. The number of nitrogens with one attached hydrogen (secondary N) is 1. The van der Waals surface area contributed by atoms with E-state index >= 15 is 0 Å². The number of nitrogens with zero attached hydrogens (tertiary/aromatic N) is 1. The molecule has 23 heavy (non-hydrogen) atoms. The number of aliphatic hydroxyl groups excluding tert-OH is 1. The van der Waals surface area contributed by atoms with Crippen LogP contribution in [0.5, 0.6) is 0 Å². The predicted molar refractivity (Wildman–Crippen MR) is 86.6 cm³/mol. The second-order valence-electron chi connectivity index (χ2n) is 5.66. The summed E-state index contributed by atoms with van der Waals surface area (Å²) < 4.78 is 4.76. The van der Waals surface area contributed by atoms with Gasteiger partial charge in [0.1, 0.15) is 5.78 Å². The van der Waals surface area contributed by atoms with Crippen LogP contribution in [0.4, 0.5) is 0 Å². The topological polar surface area (TPSA) is 95.9 Å². The molecule has 1 unspecified atom stereocenters. The first-order valence-electron chi connectivity index (χ1n) is 7.71. The number of rotatable bonds is 12. The van der Waals surface area contributed by atoms with Crippen molar-refractivity contribution in [2.24, 2.45) is 0 Å². The molecule has 0 aliphatic carbocycles. The van der Waals surface area contributed by atoms with E-state index in [9.17, 15) is 19.5 Å². The van der Waals surface area contributed by atoms with Gasteiger partial charge in [-0.15, -0.1) is 0 Å². The average molecular weight is 328 g/mol. The van der Waals surface area contributed by atoms with Gasteiger partial charge in [-0.2, -0.15) is 0 Å². The van der Waals surface area contributed by atoms with Gasteiger partial charge in [-0.3, -0.25) is 4.79 Å². The van der Waals surface area contributed by atoms with E-state index in [2.05, 4.69) is 11.9 Å². The molecule has 0 fully saturated rings. The van der Waals surface area contributed by atoms with Crippen LogP contribution >= 0.6 is 0 Å². The van der Waals surface area contributed by atoms with Crippen molar-refractivity contribution in [3.63, 3.8) is 0 Å². The Kier molecular flexibility index (Phi) is 10.9. The monoisotopic (exact) mass is 328 g/mol. The molecule has 0 aromatic heterocycles. The van der Waals surface area contributed by atoms with Crippen LogP contribution in [0.3, 0.4) is 0 Å². The third kappa shape index (κ3) is 12.5. The number of hydrogen-bond donors (Lipinski definition) is 2. The molecular weight excluding hydrogens is 300 g/mol. The van der Waals surface area contributed by atoms with E-state index in [1.54, 1.807) is 11.9 Å².